The van der Waals surface area contributed by atoms with Crippen molar-refractivity contribution in [1.29, 1.82) is 0 Å². The largest absolute Gasteiger partial charge is 0.345 e. The minimum Gasteiger partial charge on any atom is -0.345 e. The van der Waals surface area contributed by atoms with Crippen molar-refractivity contribution in [2.45, 2.75) is 39.0 Å². The maximum Gasteiger partial charge on any atom is 0.272 e. The van der Waals surface area contributed by atoms with Gasteiger partial charge in [0.25, 0.3) is 5.91 Å². The summed E-state index contributed by atoms with van der Waals surface area (Å²) < 4.78 is 1.77. The van der Waals surface area contributed by atoms with Gasteiger partial charge in [0.1, 0.15) is 0 Å². The SMILES string of the molecule is CC(C)(N)C(=O)N1CCn2nc(C(=O)NCc3ccccn3)cc2C1. The zero-order chi connectivity index (χ0) is 18.0. The lowest BCUT2D eigenvalue weighted by Gasteiger charge is -2.32. The molecular weight excluding hydrogens is 320 g/mol. The van der Waals surface area contributed by atoms with Crippen LogP contribution in [-0.2, 0) is 24.4 Å². The predicted octanol–water partition coefficient (Wildman–Crippen LogP) is 0.288. The van der Waals surface area contributed by atoms with Crippen molar-refractivity contribution in [3.8, 4) is 0 Å². The number of fused-ring (bicyclic) bond motifs is 1. The number of carbonyl (C=O) groups excluding carboxylic acids is 2. The van der Waals surface area contributed by atoms with Crippen LogP contribution in [0.3, 0.4) is 0 Å². The van der Waals surface area contributed by atoms with Gasteiger partial charge >= 0.3 is 0 Å². The fraction of sp³-hybridized carbons (Fsp3) is 0.412. The molecule has 25 heavy (non-hydrogen) atoms. The van der Waals surface area contributed by atoms with Crippen molar-refractivity contribution >= 4 is 11.8 Å². The molecule has 3 N–H and O–H groups in total. The van der Waals surface area contributed by atoms with Crippen LogP contribution >= 0.6 is 0 Å². The van der Waals surface area contributed by atoms with Gasteiger partial charge in [-0.3, -0.25) is 19.3 Å². The van der Waals surface area contributed by atoms with E-state index in [-0.39, 0.29) is 11.8 Å². The highest BCUT2D eigenvalue weighted by molar-refractivity contribution is 5.92. The van der Waals surface area contributed by atoms with Crippen molar-refractivity contribution in [1.82, 2.24) is 25.0 Å². The Kier molecular flexibility index (Phi) is 4.54. The molecule has 0 radical (unpaired) electrons. The third-order valence-electron chi connectivity index (χ3n) is 4.03. The van der Waals surface area contributed by atoms with E-state index in [0.29, 0.717) is 31.9 Å². The molecular formula is C17H22N6O2. The lowest BCUT2D eigenvalue weighted by Crippen LogP contribution is -2.52. The molecule has 0 aromatic carbocycles. The molecule has 1 aliphatic heterocycles. The molecule has 8 heteroatoms. The molecule has 2 aromatic heterocycles. The predicted molar refractivity (Wildman–Crippen MR) is 91.3 cm³/mol. The van der Waals surface area contributed by atoms with Gasteiger partial charge in [-0.15, -0.1) is 0 Å². The lowest BCUT2D eigenvalue weighted by molar-refractivity contribution is -0.137. The minimum absolute atomic E-state index is 0.110. The lowest BCUT2D eigenvalue weighted by atomic mass is 10.0. The summed E-state index contributed by atoms with van der Waals surface area (Å²) in [4.78, 5) is 30.5. The Morgan fingerprint density at radius 3 is 2.80 bits per heavy atom. The molecule has 0 unspecified atom stereocenters. The summed E-state index contributed by atoms with van der Waals surface area (Å²) in [6.07, 6.45) is 1.68. The number of amides is 2. The summed E-state index contributed by atoms with van der Waals surface area (Å²) in [5.74, 6) is -0.370. The van der Waals surface area contributed by atoms with E-state index in [2.05, 4.69) is 15.4 Å². The van der Waals surface area contributed by atoms with E-state index in [9.17, 15) is 9.59 Å². The van der Waals surface area contributed by atoms with Gasteiger partial charge in [-0.2, -0.15) is 5.10 Å². The second-order valence-corrected chi connectivity index (χ2v) is 6.70. The fourth-order valence-corrected chi connectivity index (χ4v) is 2.72. The Balaban J connectivity index is 1.66. The molecule has 3 rings (SSSR count). The maximum absolute atomic E-state index is 12.3. The number of rotatable bonds is 4. The van der Waals surface area contributed by atoms with E-state index in [0.717, 1.165) is 11.4 Å². The third-order valence-corrected chi connectivity index (χ3v) is 4.03. The number of aromatic nitrogens is 3. The monoisotopic (exact) mass is 342 g/mol. The second-order valence-electron chi connectivity index (χ2n) is 6.70. The molecule has 0 aliphatic carbocycles. The average molecular weight is 342 g/mol. The van der Waals surface area contributed by atoms with E-state index in [1.54, 1.807) is 35.7 Å². The van der Waals surface area contributed by atoms with Crippen molar-refractivity contribution in [3.05, 3.63) is 47.5 Å². The number of nitrogens with two attached hydrogens (primary N) is 1. The molecule has 0 saturated carbocycles. The van der Waals surface area contributed by atoms with Crippen molar-refractivity contribution < 1.29 is 9.59 Å². The Morgan fingerprint density at radius 1 is 1.32 bits per heavy atom. The van der Waals surface area contributed by atoms with Crippen LogP contribution in [0.4, 0.5) is 0 Å². The first-order valence-corrected chi connectivity index (χ1v) is 8.17. The van der Waals surface area contributed by atoms with Gasteiger partial charge in [0.05, 0.1) is 36.6 Å². The van der Waals surface area contributed by atoms with Crippen LogP contribution in [0, 0.1) is 0 Å². The van der Waals surface area contributed by atoms with E-state index in [1.807, 2.05) is 18.2 Å². The first-order chi connectivity index (χ1) is 11.8. The van der Waals surface area contributed by atoms with Crippen LogP contribution in [0.5, 0.6) is 0 Å². The van der Waals surface area contributed by atoms with Crippen LogP contribution in [-0.4, -0.2) is 43.6 Å². The molecule has 2 amide bonds. The second kappa shape index (κ2) is 6.64. The molecule has 0 spiro atoms. The summed E-state index contributed by atoms with van der Waals surface area (Å²) in [5.41, 5.74) is 6.93. The molecule has 0 saturated heterocycles. The fourth-order valence-electron chi connectivity index (χ4n) is 2.72. The number of hydrogen-bond acceptors (Lipinski definition) is 5. The first kappa shape index (κ1) is 17.1. The first-order valence-electron chi connectivity index (χ1n) is 8.17. The topological polar surface area (TPSA) is 106 Å². The van der Waals surface area contributed by atoms with Gasteiger partial charge in [0.2, 0.25) is 5.91 Å². The number of nitrogens with zero attached hydrogens (tertiary/aromatic N) is 4. The van der Waals surface area contributed by atoms with Crippen molar-refractivity contribution in [3.63, 3.8) is 0 Å². The summed E-state index contributed by atoms with van der Waals surface area (Å²) >= 11 is 0. The molecule has 132 valence electrons. The molecule has 0 bridgehead atoms. The van der Waals surface area contributed by atoms with Crippen molar-refractivity contribution in [2.75, 3.05) is 6.54 Å². The Hall–Kier alpha value is -2.74. The quantitative estimate of drug-likeness (QED) is 0.830. The number of hydrogen-bond donors (Lipinski definition) is 2. The molecule has 3 heterocycles. The van der Waals surface area contributed by atoms with Gasteiger partial charge in [-0.05, 0) is 32.0 Å². The summed E-state index contributed by atoms with van der Waals surface area (Å²) in [6, 6.07) is 7.26. The average Bonchev–Trinajstić information content (AvgIpc) is 3.02. The molecule has 2 aromatic rings. The Bertz CT molecular complexity index is 778. The molecule has 0 atom stereocenters. The van der Waals surface area contributed by atoms with Crippen LogP contribution in [0.15, 0.2) is 30.5 Å². The zero-order valence-corrected chi connectivity index (χ0v) is 14.4. The van der Waals surface area contributed by atoms with E-state index in [4.69, 9.17) is 5.73 Å². The minimum atomic E-state index is -0.912. The highest BCUT2D eigenvalue weighted by Crippen LogP contribution is 2.16. The van der Waals surface area contributed by atoms with E-state index in [1.165, 1.54) is 0 Å². The Morgan fingerprint density at radius 2 is 2.12 bits per heavy atom. The summed E-state index contributed by atoms with van der Waals surface area (Å²) in [6.45, 7) is 5.21. The van der Waals surface area contributed by atoms with Gasteiger partial charge < -0.3 is 16.0 Å². The van der Waals surface area contributed by atoms with E-state index < -0.39 is 5.54 Å². The smallest absolute Gasteiger partial charge is 0.272 e. The van der Waals surface area contributed by atoms with Gasteiger partial charge in [0, 0.05) is 12.7 Å². The highest BCUT2D eigenvalue weighted by atomic mass is 16.2. The number of carbonyl (C=O) groups is 2. The van der Waals surface area contributed by atoms with Gasteiger partial charge in [0.15, 0.2) is 5.69 Å². The maximum atomic E-state index is 12.3. The van der Waals surface area contributed by atoms with Crippen LogP contribution in [0.25, 0.3) is 0 Å². The molecule has 8 nitrogen and oxygen atoms in total. The standard InChI is InChI=1S/C17H22N6O2/c1-17(2,18)16(25)22-7-8-23-13(11-22)9-14(21-23)15(24)20-10-12-5-3-4-6-19-12/h3-6,9H,7-8,10-11,18H2,1-2H3,(H,20,24). The van der Waals surface area contributed by atoms with Gasteiger partial charge in [-0.1, -0.05) is 6.07 Å². The van der Waals surface area contributed by atoms with Gasteiger partial charge in [-0.25, -0.2) is 0 Å². The molecule has 1 aliphatic rings. The van der Waals surface area contributed by atoms with Crippen LogP contribution in [0.1, 0.15) is 35.7 Å². The number of pyridine rings is 1. The third kappa shape index (κ3) is 3.85. The number of nitrogens with one attached hydrogen (secondary N) is 1. The zero-order valence-electron chi connectivity index (χ0n) is 14.4. The summed E-state index contributed by atoms with van der Waals surface area (Å²) in [7, 11) is 0. The Labute approximate surface area is 146 Å². The van der Waals surface area contributed by atoms with Crippen LogP contribution < -0.4 is 11.1 Å². The molecule has 0 fully saturated rings. The van der Waals surface area contributed by atoms with Crippen molar-refractivity contribution in [2.24, 2.45) is 5.73 Å². The summed E-state index contributed by atoms with van der Waals surface area (Å²) in [5, 5.41) is 7.14. The van der Waals surface area contributed by atoms with Crippen LogP contribution in [0.2, 0.25) is 0 Å². The normalized spacial score (nSPS) is 14.1. The van der Waals surface area contributed by atoms with E-state index >= 15 is 0 Å². The highest BCUT2D eigenvalue weighted by Gasteiger charge is 2.31.